The van der Waals surface area contributed by atoms with Gasteiger partial charge < -0.3 is 15.7 Å². The molecule has 1 aromatic carbocycles. The number of benzene rings is 1. The Morgan fingerprint density at radius 2 is 1.94 bits per heavy atom. The van der Waals surface area contributed by atoms with Crippen LogP contribution in [0.5, 0.6) is 0 Å². The fraction of sp³-hybridized carbons (Fsp3) is 0.304. The third-order valence-electron chi connectivity index (χ3n) is 5.67. The molecule has 10 heteroatoms. The number of H-pyrrole nitrogens is 1. The van der Waals surface area contributed by atoms with Gasteiger partial charge in [0, 0.05) is 43.8 Å². The first-order chi connectivity index (χ1) is 15.7. The van der Waals surface area contributed by atoms with Gasteiger partial charge in [-0.3, -0.25) is 4.79 Å². The zero-order chi connectivity index (χ0) is 23.6. The number of nitrogens with zero attached hydrogens (tertiary/aromatic N) is 2. The minimum absolute atomic E-state index is 0.0158. The zero-order valence-electron chi connectivity index (χ0n) is 17.5. The standard InChI is InChI=1S/C23H21F4N5O/c24-15-1-2-17(13-5-8-29-19(25)10-13)14(9-15)11-20-31-21(18(12-28)22(33)32-20)30-16-3-6-23(26,27)7-4-16/h1-2,5,8-10,12,16,28H,3-4,6-7,11H2,(H2,30,31,32,33). The van der Waals surface area contributed by atoms with Crippen molar-refractivity contribution in [2.75, 3.05) is 5.32 Å². The van der Waals surface area contributed by atoms with Crippen LogP contribution in [0.25, 0.3) is 11.1 Å². The molecule has 0 radical (unpaired) electrons. The van der Waals surface area contributed by atoms with Crippen molar-refractivity contribution in [3.05, 3.63) is 75.6 Å². The van der Waals surface area contributed by atoms with Crippen LogP contribution in [0.2, 0.25) is 0 Å². The van der Waals surface area contributed by atoms with Gasteiger partial charge in [-0.15, -0.1) is 0 Å². The van der Waals surface area contributed by atoms with Crippen LogP contribution in [0.3, 0.4) is 0 Å². The number of alkyl halides is 2. The average molecular weight is 459 g/mol. The summed E-state index contributed by atoms with van der Waals surface area (Å²) in [5.41, 5.74) is 0.880. The molecule has 3 aromatic rings. The molecule has 1 fully saturated rings. The highest BCUT2D eigenvalue weighted by Crippen LogP contribution is 2.34. The average Bonchev–Trinajstić information content (AvgIpc) is 2.75. The quantitative estimate of drug-likeness (QED) is 0.283. The molecule has 1 aliphatic carbocycles. The number of aromatic amines is 1. The van der Waals surface area contributed by atoms with Crippen LogP contribution in [-0.4, -0.2) is 33.1 Å². The highest BCUT2D eigenvalue weighted by Gasteiger charge is 2.35. The van der Waals surface area contributed by atoms with Crippen LogP contribution < -0.4 is 10.9 Å². The van der Waals surface area contributed by atoms with Gasteiger partial charge in [0.05, 0.1) is 5.56 Å². The largest absolute Gasteiger partial charge is 0.367 e. The maximum absolute atomic E-state index is 14.0. The fourth-order valence-electron chi connectivity index (χ4n) is 3.98. The van der Waals surface area contributed by atoms with Gasteiger partial charge in [0.15, 0.2) is 0 Å². The first-order valence-electron chi connectivity index (χ1n) is 10.4. The molecule has 2 heterocycles. The topological polar surface area (TPSA) is 94.5 Å². The number of pyridine rings is 1. The SMILES string of the molecule is N=Cc1c(NC2CCC(F)(F)CC2)nc(Cc2cc(F)ccc2-c2ccnc(F)c2)[nH]c1=O. The molecule has 0 spiro atoms. The summed E-state index contributed by atoms with van der Waals surface area (Å²) in [6.45, 7) is 0. The minimum Gasteiger partial charge on any atom is -0.367 e. The van der Waals surface area contributed by atoms with Crippen LogP contribution in [0, 0.1) is 17.2 Å². The second-order valence-corrected chi connectivity index (χ2v) is 8.04. The van der Waals surface area contributed by atoms with Crippen molar-refractivity contribution in [2.24, 2.45) is 0 Å². The van der Waals surface area contributed by atoms with E-state index in [-0.39, 0.29) is 55.4 Å². The third-order valence-corrected chi connectivity index (χ3v) is 5.67. The predicted octanol–water partition coefficient (Wildman–Crippen LogP) is 4.69. The van der Waals surface area contributed by atoms with Gasteiger partial charge >= 0.3 is 0 Å². The summed E-state index contributed by atoms with van der Waals surface area (Å²) in [7, 11) is 0. The maximum Gasteiger partial charge on any atom is 0.261 e. The van der Waals surface area contributed by atoms with E-state index in [9.17, 15) is 22.4 Å². The number of aromatic nitrogens is 3. The molecule has 1 aliphatic rings. The van der Waals surface area contributed by atoms with Crippen molar-refractivity contribution in [2.45, 2.75) is 44.1 Å². The Morgan fingerprint density at radius 3 is 2.64 bits per heavy atom. The summed E-state index contributed by atoms with van der Waals surface area (Å²) < 4.78 is 54.6. The number of anilines is 1. The highest BCUT2D eigenvalue weighted by atomic mass is 19.3. The van der Waals surface area contributed by atoms with Crippen molar-refractivity contribution < 1.29 is 17.6 Å². The number of hydrogen-bond acceptors (Lipinski definition) is 5. The Morgan fingerprint density at radius 1 is 1.18 bits per heavy atom. The Kier molecular flexibility index (Phi) is 6.26. The van der Waals surface area contributed by atoms with Crippen molar-refractivity contribution >= 4 is 12.0 Å². The summed E-state index contributed by atoms with van der Waals surface area (Å²) in [6.07, 6.45) is 2.04. The van der Waals surface area contributed by atoms with E-state index < -0.39 is 23.2 Å². The first-order valence-corrected chi connectivity index (χ1v) is 10.4. The van der Waals surface area contributed by atoms with Gasteiger partial charge in [0.2, 0.25) is 11.9 Å². The minimum atomic E-state index is -2.70. The lowest BCUT2D eigenvalue weighted by Gasteiger charge is -2.29. The number of nitrogens with one attached hydrogen (secondary N) is 3. The highest BCUT2D eigenvalue weighted by molar-refractivity contribution is 5.83. The van der Waals surface area contributed by atoms with Gasteiger partial charge in [0.1, 0.15) is 17.5 Å². The molecule has 0 unspecified atom stereocenters. The van der Waals surface area contributed by atoms with E-state index in [2.05, 4.69) is 20.3 Å². The van der Waals surface area contributed by atoms with E-state index in [0.29, 0.717) is 16.7 Å². The van der Waals surface area contributed by atoms with Crippen LogP contribution in [0.15, 0.2) is 41.3 Å². The Balaban J connectivity index is 1.66. The summed E-state index contributed by atoms with van der Waals surface area (Å²) in [4.78, 5) is 23.1. The molecule has 0 saturated heterocycles. The van der Waals surface area contributed by atoms with Crippen molar-refractivity contribution in [3.8, 4) is 11.1 Å². The van der Waals surface area contributed by atoms with Crippen LogP contribution >= 0.6 is 0 Å². The molecule has 3 N–H and O–H groups in total. The van der Waals surface area contributed by atoms with E-state index in [1.54, 1.807) is 6.07 Å². The van der Waals surface area contributed by atoms with Crippen molar-refractivity contribution in [3.63, 3.8) is 0 Å². The van der Waals surface area contributed by atoms with E-state index in [4.69, 9.17) is 5.41 Å². The van der Waals surface area contributed by atoms with E-state index >= 15 is 0 Å². The molecule has 0 atom stereocenters. The second-order valence-electron chi connectivity index (χ2n) is 8.04. The van der Waals surface area contributed by atoms with Crippen molar-refractivity contribution in [1.29, 1.82) is 5.41 Å². The Hall–Kier alpha value is -3.56. The molecule has 2 aromatic heterocycles. The van der Waals surface area contributed by atoms with Gasteiger partial charge in [-0.25, -0.2) is 23.1 Å². The molecule has 1 saturated carbocycles. The van der Waals surface area contributed by atoms with Crippen LogP contribution in [0.1, 0.15) is 42.6 Å². The lowest BCUT2D eigenvalue weighted by Crippen LogP contribution is -2.33. The monoisotopic (exact) mass is 459 g/mol. The van der Waals surface area contributed by atoms with Crippen molar-refractivity contribution in [1.82, 2.24) is 15.0 Å². The Bertz CT molecular complexity index is 1230. The molecule has 0 aliphatic heterocycles. The molecule has 0 bridgehead atoms. The van der Waals surface area contributed by atoms with E-state index in [0.717, 1.165) is 6.21 Å². The molecule has 0 amide bonds. The summed E-state index contributed by atoms with van der Waals surface area (Å²) in [6, 6.07) is 6.52. The molecule has 33 heavy (non-hydrogen) atoms. The molecular weight excluding hydrogens is 438 g/mol. The van der Waals surface area contributed by atoms with Gasteiger partial charge in [-0.2, -0.15) is 4.39 Å². The Labute approximate surface area is 186 Å². The lowest BCUT2D eigenvalue weighted by atomic mass is 9.92. The number of hydrogen-bond donors (Lipinski definition) is 3. The fourth-order valence-corrected chi connectivity index (χ4v) is 3.98. The smallest absolute Gasteiger partial charge is 0.261 e. The molecule has 6 nitrogen and oxygen atoms in total. The molecule has 172 valence electrons. The normalized spacial score (nSPS) is 15.9. The molecular formula is C23H21F4N5O. The van der Waals surface area contributed by atoms with Gasteiger partial charge in [-0.05, 0) is 47.7 Å². The third kappa shape index (κ3) is 5.27. The summed E-state index contributed by atoms with van der Waals surface area (Å²) in [5, 5.41) is 10.6. The molecule has 4 rings (SSSR count). The zero-order valence-corrected chi connectivity index (χ0v) is 17.5. The van der Waals surface area contributed by atoms with Gasteiger partial charge in [-0.1, -0.05) is 6.07 Å². The van der Waals surface area contributed by atoms with E-state index in [1.165, 1.54) is 30.5 Å². The van der Waals surface area contributed by atoms with E-state index in [1.807, 2.05) is 0 Å². The summed E-state index contributed by atoms with van der Waals surface area (Å²) in [5.74, 6) is -3.59. The first kappa shape index (κ1) is 22.6. The maximum atomic E-state index is 14.0. The predicted molar refractivity (Wildman–Crippen MR) is 116 cm³/mol. The van der Waals surface area contributed by atoms with Crippen LogP contribution in [-0.2, 0) is 6.42 Å². The van der Waals surface area contributed by atoms with Gasteiger partial charge in [0.25, 0.3) is 5.56 Å². The van der Waals surface area contributed by atoms with Crippen LogP contribution in [0.4, 0.5) is 23.4 Å². The number of rotatable bonds is 6. The summed E-state index contributed by atoms with van der Waals surface area (Å²) >= 11 is 0. The number of halogens is 4. The lowest BCUT2D eigenvalue weighted by molar-refractivity contribution is -0.0361. The second kappa shape index (κ2) is 9.13.